The van der Waals surface area contributed by atoms with Crippen LogP contribution in [0.2, 0.25) is 0 Å². The highest BCUT2D eigenvalue weighted by atomic mass is 19.3. The molecular weight excluding hydrogens is 633 g/mol. The maximum Gasteiger partial charge on any atom is 0.400 e. The van der Waals surface area contributed by atoms with Gasteiger partial charge in [0, 0.05) is 29.2 Å². The molecule has 0 aromatic heterocycles. The molecule has 0 bridgehead atoms. The van der Waals surface area contributed by atoms with Crippen molar-refractivity contribution in [1.82, 2.24) is 0 Å². The number of hydrogen-bond donors (Lipinski definition) is 0. The van der Waals surface area contributed by atoms with E-state index in [2.05, 4.69) is 11.7 Å². The molecule has 0 amide bonds. The van der Waals surface area contributed by atoms with Crippen LogP contribution in [-0.2, 0) is 14.3 Å². The minimum absolute atomic E-state index is 0.0419. The zero-order valence-corrected chi connectivity index (χ0v) is 25.7. The van der Waals surface area contributed by atoms with Crippen LogP contribution in [0.15, 0.2) is 48.5 Å². The van der Waals surface area contributed by atoms with Crippen LogP contribution < -0.4 is 9.47 Å². The van der Waals surface area contributed by atoms with E-state index in [0.29, 0.717) is 36.8 Å². The molecule has 47 heavy (non-hydrogen) atoms. The quantitative estimate of drug-likeness (QED) is 0.0670. The molecule has 2 fully saturated rings. The fourth-order valence-corrected chi connectivity index (χ4v) is 5.94. The third kappa shape index (κ3) is 8.45. The topological polar surface area (TPSA) is 54.0 Å². The standard InChI is InChI=1S/C35H35F7O5/c1-2-3-4-5-20-18-44-34(45-19-20)23-8-12-26(27(36)15-23)22-9-13-31(28(37)14-22)46-33(43)21-6-10-24(11-7-21)35(41,42)47-25-16-29(38)32(40)30(39)17-25/h8-9,12-17,20-21,24,34H,2-7,10-11,18-19H2,1H3. The minimum Gasteiger partial charge on any atom is -0.432 e. The van der Waals surface area contributed by atoms with Gasteiger partial charge in [-0.05, 0) is 55.9 Å². The fraction of sp³-hybridized carbons (Fsp3) is 0.457. The van der Waals surface area contributed by atoms with Crippen LogP contribution in [0.3, 0.4) is 0 Å². The average molecular weight is 669 g/mol. The molecule has 1 aliphatic carbocycles. The number of alkyl halides is 2. The second-order valence-corrected chi connectivity index (χ2v) is 12.1. The Morgan fingerprint density at radius 2 is 1.51 bits per heavy atom. The first-order valence-electron chi connectivity index (χ1n) is 15.7. The van der Waals surface area contributed by atoms with Crippen molar-refractivity contribution in [2.75, 3.05) is 13.2 Å². The number of unbranched alkanes of at least 4 members (excludes halogenated alkanes) is 2. The lowest BCUT2D eigenvalue weighted by Crippen LogP contribution is -2.38. The van der Waals surface area contributed by atoms with Crippen molar-refractivity contribution in [3.8, 4) is 22.6 Å². The molecule has 0 spiro atoms. The van der Waals surface area contributed by atoms with E-state index in [1.54, 1.807) is 6.07 Å². The Morgan fingerprint density at radius 1 is 0.830 bits per heavy atom. The zero-order chi connectivity index (χ0) is 33.7. The van der Waals surface area contributed by atoms with Crippen LogP contribution >= 0.6 is 0 Å². The normalized spacial score (nSPS) is 21.8. The molecule has 0 atom stereocenters. The summed E-state index contributed by atoms with van der Waals surface area (Å²) in [6.07, 6.45) is -0.648. The summed E-state index contributed by atoms with van der Waals surface area (Å²) in [5.41, 5.74) is 0.824. The van der Waals surface area contributed by atoms with E-state index >= 15 is 4.39 Å². The second kappa shape index (κ2) is 15.1. The van der Waals surface area contributed by atoms with Gasteiger partial charge in [0.1, 0.15) is 11.6 Å². The molecule has 0 unspecified atom stereocenters. The van der Waals surface area contributed by atoms with Gasteiger partial charge in [0.25, 0.3) is 0 Å². The number of halogens is 7. The maximum atomic E-state index is 15.1. The summed E-state index contributed by atoms with van der Waals surface area (Å²) < 4.78 is 121. The van der Waals surface area contributed by atoms with Gasteiger partial charge in [-0.3, -0.25) is 4.79 Å². The molecule has 1 saturated heterocycles. The molecule has 1 saturated carbocycles. The predicted octanol–water partition coefficient (Wildman–Crippen LogP) is 9.67. The largest absolute Gasteiger partial charge is 0.432 e. The number of benzene rings is 3. The Kier molecular flexibility index (Phi) is 11.1. The van der Waals surface area contributed by atoms with Crippen molar-refractivity contribution >= 4 is 5.97 Å². The second-order valence-electron chi connectivity index (χ2n) is 12.1. The summed E-state index contributed by atoms with van der Waals surface area (Å²) in [6.45, 7) is 3.18. The van der Waals surface area contributed by atoms with Crippen molar-refractivity contribution < 1.29 is 54.5 Å². The lowest BCUT2D eigenvalue weighted by Gasteiger charge is -2.32. The molecule has 0 N–H and O–H groups in total. The lowest BCUT2D eigenvalue weighted by molar-refractivity contribution is -0.224. The highest BCUT2D eigenvalue weighted by Crippen LogP contribution is 2.41. The molecule has 3 aromatic rings. The molecule has 3 aromatic carbocycles. The number of hydrogen-bond acceptors (Lipinski definition) is 5. The Bertz CT molecular complexity index is 1530. The zero-order valence-electron chi connectivity index (χ0n) is 25.7. The van der Waals surface area contributed by atoms with Gasteiger partial charge in [-0.2, -0.15) is 8.78 Å². The third-order valence-electron chi connectivity index (χ3n) is 8.65. The van der Waals surface area contributed by atoms with Gasteiger partial charge in [0.2, 0.25) is 0 Å². The van der Waals surface area contributed by atoms with Crippen LogP contribution in [0.4, 0.5) is 30.7 Å². The number of rotatable bonds is 11. The molecule has 1 heterocycles. The fourth-order valence-electron chi connectivity index (χ4n) is 5.94. The van der Waals surface area contributed by atoms with Crippen molar-refractivity contribution in [1.29, 1.82) is 0 Å². The highest BCUT2D eigenvalue weighted by molar-refractivity contribution is 5.76. The summed E-state index contributed by atoms with van der Waals surface area (Å²) >= 11 is 0. The molecule has 12 heteroatoms. The van der Waals surface area contributed by atoms with Gasteiger partial charge in [0.15, 0.2) is 35.3 Å². The Hall–Kier alpha value is -3.64. The first-order chi connectivity index (χ1) is 22.4. The van der Waals surface area contributed by atoms with Crippen LogP contribution in [0.5, 0.6) is 11.5 Å². The monoisotopic (exact) mass is 668 g/mol. The molecule has 2 aliphatic rings. The van der Waals surface area contributed by atoms with E-state index in [0.717, 1.165) is 31.7 Å². The number of carbonyl (C=O) groups is 1. The number of esters is 1. The number of carbonyl (C=O) groups excluding carboxylic acids is 1. The van der Waals surface area contributed by atoms with Gasteiger partial charge < -0.3 is 18.9 Å². The predicted molar refractivity (Wildman–Crippen MR) is 157 cm³/mol. The smallest absolute Gasteiger partial charge is 0.400 e. The van der Waals surface area contributed by atoms with Crippen LogP contribution in [0.25, 0.3) is 11.1 Å². The summed E-state index contributed by atoms with van der Waals surface area (Å²) in [5.74, 6) is -10.7. The van der Waals surface area contributed by atoms with Crippen molar-refractivity contribution in [2.24, 2.45) is 17.8 Å². The molecule has 5 nitrogen and oxygen atoms in total. The van der Waals surface area contributed by atoms with Crippen molar-refractivity contribution in [2.45, 2.75) is 70.7 Å². The van der Waals surface area contributed by atoms with E-state index in [9.17, 15) is 31.1 Å². The van der Waals surface area contributed by atoms with Crippen LogP contribution in [-0.4, -0.2) is 25.3 Å². The molecular formula is C35H35F7O5. The maximum absolute atomic E-state index is 15.1. The van der Waals surface area contributed by atoms with Crippen LogP contribution in [0.1, 0.15) is 70.1 Å². The summed E-state index contributed by atoms with van der Waals surface area (Å²) in [7, 11) is 0. The van der Waals surface area contributed by atoms with E-state index in [-0.39, 0.29) is 36.8 Å². The average Bonchev–Trinajstić information content (AvgIpc) is 3.05. The minimum atomic E-state index is -3.85. The molecule has 0 radical (unpaired) electrons. The van der Waals surface area contributed by atoms with E-state index in [4.69, 9.17) is 14.2 Å². The van der Waals surface area contributed by atoms with E-state index in [1.165, 1.54) is 24.3 Å². The number of ether oxygens (including phenoxy) is 4. The first kappa shape index (κ1) is 34.7. The van der Waals surface area contributed by atoms with E-state index in [1.807, 2.05) is 0 Å². The first-order valence-corrected chi connectivity index (χ1v) is 15.7. The van der Waals surface area contributed by atoms with E-state index < -0.39 is 70.8 Å². The summed E-state index contributed by atoms with van der Waals surface area (Å²) in [4.78, 5) is 12.7. The Morgan fingerprint density at radius 3 is 2.13 bits per heavy atom. The van der Waals surface area contributed by atoms with Crippen LogP contribution in [0, 0.1) is 46.8 Å². The van der Waals surface area contributed by atoms with Gasteiger partial charge in [-0.25, -0.2) is 22.0 Å². The third-order valence-corrected chi connectivity index (χ3v) is 8.65. The highest BCUT2D eigenvalue weighted by Gasteiger charge is 2.45. The Balaban J connectivity index is 1.14. The van der Waals surface area contributed by atoms with Gasteiger partial charge in [-0.15, -0.1) is 0 Å². The van der Waals surface area contributed by atoms with Gasteiger partial charge >= 0.3 is 12.1 Å². The lowest BCUT2D eigenvalue weighted by atomic mass is 9.81. The van der Waals surface area contributed by atoms with Gasteiger partial charge in [0.05, 0.1) is 25.0 Å². The Labute approximate surface area is 268 Å². The molecule has 5 rings (SSSR count). The molecule has 1 aliphatic heterocycles. The van der Waals surface area contributed by atoms with Crippen molar-refractivity contribution in [3.63, 3.8) is 0 Å². The van der Waals surface area contributed by atoms with Gasteiger partial charge in [-0.1, -0.05) is 44.4 Å². The summed E-state index contributed by atoms with van der Waals surface area (Å²) in [5, 5.41) is 0. The summed E-state index contributed by atoms with van der Waals surface area (Å²) in [6, 6.07) is 8.69. The SMILES string of the molecule is CCCCCC1COC(c2ccc(-c3ccc(OC(=O)C4CCC(C(F)(F)Oc5cc(F)c(F)c(F)c5)CC4)c(F)c3)c(F)c2)OC1. The molecule has 254 valence electrons. The van der Waals surface area contributed by atoms with Crippen molar-refractivity contribution in [3.05, 3.63) is 83.2 Å².